The Morgan fingerprint density at radius 1 is 1.20 bits per heavy atom. The van der Waals surface area contributed by atoms with Gasteiger partial charge >= 0.3 is 6.03 Å². The molecule has 2 heterocycles. The monoisotopic (exact) mass is 428 g/mol. The molecule has 0 radical (unpaired) electrons. The first-order valence-corrected chi connectivity index (χ1v) is 11.8. The minimum absolute atomic E-state index is 0.147. The van der Waals surface area contributed by atoms with Crippen LogP contribution in [0.1, 0.15) is 32.4 Å². The summed E-state index contributed by atoms with van der Waals surface area (Å²) in [4.78, 5) is 23.9. The van der Waals surface area contributed by atoms with Crippen molar-refractivity contribution in [1.82, 2.24) is 15.3 Å². The van der Waals surface area contributed by atoms with Crippen molar-refractivity contribution in [3.8, 4) is 11.4 Å². The van der Waals surface area contributed by atoms with Crippen molar-refractivity contribution < 1.29 is 9.53 Å². The molecule has 0 bridgehead atoms. The fourth-order valence-corrected chi connectivity index (χ4v) is 3.92. The van der Waals surface area contributed by atoms with E-state index >= 15 is 0 Å². The van der Waals surface area contributed by atoms with E-state index < -0.39 is 0 Å². The molecule has 0 spiro atoms. The number of carbonyl (C=O) groups is 1. The second-order valence-corrected chi connectivity index (χ2v) is 9.74. The summed E-state index contributed by atoms with van der Waals surface area (Å²) in [5.41, 5.74) is 2.77. The molecule has 1 aromatic heterocycles. The van der Waals surface area contributed by atoms with Crippen molar-refractivity contribution in [3.05, 3.63) is 36.0 Å². The molecule has 30 heavy (non-hydrogen) atoms. The summed E-state index contributed by atoms with van der Waals surface area (Å²) in [6.45, 7) is 7.58. The minimum Gasteiger partial charge on any atom is -0.378 e. The third kappa shape index (κ3) is 5.86. The molecule has 1 saturated carbocycles. The van der Waals surface area contributed by atoms with Crippen molar-refractivity contribution in [1.29, 1.82) is 0 Å². The van der Waals surface area contributed by atoms with Crippen LogP contribution in [0.4, 0.5) is 16.3 Å². The highest BCUT2D eigenvalue weighted by Gasteiger charge is 2.23. The second-order valence-electron chi connectivity index (χ2n) is 8.03. The summed E-state index contributed by atoms with van der Waals surface area (Å²) in [5.74, 6) is 2.59. The Labute approximate surface area is 182 Å². The van der Waals surface area contributed by atoms with Gasteiger partial charge < -0.3 is 20.3 Å². The molecule has 160 valence electrons. The lowest BCUT2D eigenvalue weighted by molar-refractivity contribution is 0.122. The van der Waals surface area contributed by atoms with E-state index in [4.69, 9.17) is 14.7 Å². The normalized spacial score (nSPS) is 16.6. The van der Waals surface area contributed by atoms with E-state index in [0.717, 1.165) is 73.5 Å². The molecule has 2 amide bonds. The van der Waals surface area contributed by atoms with E-state index in [0.29, 0.717) is 11.3 Å². The predicted molar refractivity (Wildman–Crippen MR) is 123 cm³/mol. The van der Waals surface area contributed by atoms with Crippen LogP contribution in [0.2, 0.25) is 0 Å². The Hall–Kier alpha value is -2.32. The molecule has 2 aromatic rings. The van der Waals surface area contributed by atoms with Gasteiger partial charge in [-0.1, -0.05) is 0 Å². The maximum atomic E-state index is 11.9. The molecule has 2 fully saturated rings. The Morgan fingerprint density at radius 2 is 1.93 bits per heavy atom. The summed E-state index contributed by atoms with van der Waals surface area (Å²) in [6, 6.07) is 10.0. The van der Waals surface area contributed by atoms with E-state index in [1.54, 1.807) is 0 Å². The number of urea groups is 1. The fraction of sp³-hybridized carbons (Fsp3) is 0.500. The van der Waals surface area contributed by atoms with Gasteiger partial charge in [0, 0.05) is 36.4 Å². The van der Waals surface area contributed by atoms with Crippen LogP contribution in [0.5, 0.6) is 0 Å². The first kappa shape index (κ1) is 20.9. The Balaban J connectivity index is 1.53. The number of nitrogens with zero attached hydrogens (tertiary/aromatic N) is 3. The van der Waals surface area contributed by atoms with E-state index in [1.165, 1.54) is 11.8 Å². The number of hydrogen-bond acceptors (Lipinski definition) is 5. The summed E-state index contributed by atoms with van der Waals surface area (Å²) in [7, 11) is 0. The maximum Gasteiger partial charge on any atom is 0.319 e. The highest BCUT2D eigenvalue weighted by molar-refractivity contribution is 7.78. The smallest absolute Gasteiger partial charge is 0.319 e. The van der Waals surface area contributed by atoms with Crippen LogP contribution in [0.25, 0.3) is 11.4 Å². The highest BCUT2D eigenvalue weighted by Crippen LogP contribution is 2.24. The largest absolute Gasteiger partial charge is 0.378 e. The number of hydrogen-bond donors (Lipinski definition) is 2. The van der Waals surface area contributed by atoms with Crippen molar-refractivity contribution in [2.75, 3.05) is 36.5 Å². The van der Waals surface area contributed by atoms with Gasteiger partial charge in [0.1, 0.15) is 16.8 Å². The first-order chi connectivity index (χ1) is 14.6. The van der Waals surface area contributed by atoms with E-state index in [9.17, 15) is 4.79 Å². The molecular formula is C22H30N5O2S+. The van der Waals surface area contributed by atoms with Gasteiger partial charge in [-0.3, -0.25) is 0 Å². The molecule has 2 N–H and O–H groups in total. The van der Waals surface area contributed by atoms with Gasteiger partial charge in [-0.25, -0.2) is 14.8 Å². The molecule has 4 rings (SSSR count). The lowest BCUT2D eigenvalue weighted by Gasteiger charge is -2.28. The van der Waals surface area contributed by atoms with Crippen molar-refractivity contribution in [3.63, 3.8) is 0 Å². The van der Waals surface area contributed by atoms with Gasteiger partial charge in [0.2, 0.25) is 0 Å². The third-order valence-corrected chi connectivity index (χ3v) is 6.27. The van der Waals surface area contributed by atoms with Gasteiger partial charge in [-0.15, -0.1) is 0 Å². The van der Waals surface area contributed by atoms with Crippen LogP contribution >= 0.6 is 0 Å². The topological polar surface area (TPSA) is 79.4 Å². The van der Waals surface area contributed by atoms with Gasteiger partial charge in [0.25, 0.3) is 0 Å². The summed E-state index contributed by atoms with van der Waals surface area (Å²) in [5, 5.41) is 6.42. The van der Waals surface area contributed by atoms with Crippen LogP contribution in [0.15, 0.2) is 30.3 Å². The lowest BCUT2D eigenvalue weighted by Crippen LogP contribution is -2.37. The number of benzene rings is 1. The molecule has 1 aliphatic carbocycles. The maximum absolute atomic E-state index is 11.9. The zero-order valence-electron chi connectivity index (χ0n) is 17.6. The number of carbonyl (C=O) groups excluding carboxylic acids is 1. The number of aromatic nitrogens is 2. The number of morpholine rings is 1. The molecule has 0 atom stereocenters. The number of anilines is 2. The van der Waals surface area contributed by atoms with Crippen molar-refractivity contribution >= 4 is 29.3 Å². The summed E-state index contributed by atoms with van der Waals surface area (Å²) >= 11 is 1.36. The standard InChI is InChI=1S/C22H29N5O2S/c1-15(2)30-14-19-13-20(27-9-11-29-12-10-27)26-21(23-19)16-3-5-17(6-4-16)24-22(28)25-18-7-8-18/h3-6,13,15,18H,7-12,14H2,1-2H3,(H2,24,25,28)/p+1. The number of rotatable bonds is 7. The quantitative estimate of drug-likeness (QED) is 0.524. The Bertz CT molecular complexity index is 864. The van der Waals surface area contributed by atoms with E-state index in [1.807, 2.05) is 24.3 Å². The van der Waals surface area contributed by atoms with Crippen molar-refractivity contribution in [2.24, 2.45) is 0 Å². The second kappa shape index (κ2) is 9.66. The summed E-state index contributed by atoms with van der Waals surface area (Å²) in [6.07, 6.45) is 2.14. The SMILES string of the molecule is CC(C)[SH+]Cc1cc(N2CCOCC2)nc(-c2ccc(NC(=O)NC3CC3)cc2)n1. The predicted octanol–water partition coefficient (Wildman–Crippen LogP) is 2.99. The number of thiol groups is 1. The first-order valence-electron chi connectivity index (χ1n) is 10.6. The van der Waals surface area contributed by atoms with Gasteiger partial charge in [0.15, 0.2) is 5.82 Å². The van der Waals surface area contributed by atoms with Crippen LogP contribution in [-0.2, 0) is 22.3 Å². The molecule has 1 aliphatic heterocycles. The van der Waals surface area contributed by atoms with Crippen LogP contribution < -0.4 is 15.5 Å². The van der Waals surface area contributed by atoms with Gasteiger partial charge in [0.05, 0.1) is 18.9 Å². The zero-order chi connectivity index (χ0) is 20.9. The molecule has 8 heteroatoms. The van der Waals surface area contributed by atoms with Gasteiger partial charge in [-0.05, 0) is 62.7 Å². The average Bonchev–Trinajstić information content (AvgIpc) is 3.57. The van der Waals surface area contributed by atoms with E-state index in [2.05, 4.69) is 35.4 Å². The van der Waals surface area contributed by atoms with Crippen LogP contribution in [0, 0.1) is 0 Å². The highest BCUT2D eigenvalue weighted by atomic mass is 32.2. The van der Waals surface area contributed by atoms with Crippen LogP contribution in [0.3, 0.4) is 0 Å². The van der Waals surface area contributed by atoms with Crippen LogP contribution in [-0.4, -0.2) is 53.6 Å². The molecule has 7 nitrogen and oxygen atoms in total. The van der Waals surface area contributed by atoms with Gasteiger partial charge in [-0.2, -0.15) is 0 Å². The Kier molecular flexibility index (Phi) is 6.74. The molecule has 1 saturated heterocycles. The fourth-order valence-electron chi connectivity index (χ4n) is 3.21. The Morgan fingerprint density at radius 3 is 2.60 bits per heavy atom. The summed E-state index contributed by atoms with van der Waals surface area (Å²) < 4.78 is 5.49. The van der Waals surface area contributed by atoms with Crippen molar-refractivity contribution in [2.45, 2.75) is 43.7 Å². The molecule has 1 aromatic carbocycles. The number of ether oxygens (including phenoxy) is 1. The van der Waals surface area contributed by atoms with E-state index in [-0.39, 0.29) is 6.03 Å². The average molecular weight is 429 g/mol. The zero-order valence-corrected chi connectivity index (χ0v) is 18.5. The number of amides is 2. The third-order valence-electron chi connectivity index (χ3n) is 5.03. The lowest BCUT2D eigenvalue weighted by atomic mass is 10.2. The minimum atomic E-state index is -0.147. The molecule has 2 aliphatic rings. The number of nitrogens with one attached hydrogen (secondary N) is 2. The molecule has 0 unspecified atom stereocenters. The molecular weight excluding hydrogens is 398 g/mol.